The van der Waals surface area contributed by atoms with Gasteiger partial charge in [0.15, 0.2) is 5.11 Å². The summed E-state index contributed by atoms with van der Waals surface area (Å²) in [4.78, 5) is 0. The monoisotopic (exact) mass is 352 g/mol. The van der Waals surface area contributed by atoms with Gasteiger partial charge in [-0.2, -0.15) is 8.78 Å². The Morgan fingerprint density at radius 1 is 1.12 bits per heavy atom. The minimum Gasteiger partial charge on any atom is -0.496 e. The highest BCUT2D eigenvalue weighted by atomic mass is 32.1. The van der Waals surface area contributed by atoms with E-state index in [1.54, 1.807) is 19.2 Å². The molecule has 0 heterocycles. The minimum absolute atomic E-state index is 0.102. The first kappa shape index (κ1) is 17.9. The Morgan fingerprint density at radius 3 is 2.50 bits per heavy atom. The summed E-state index contributed by atoms with van der Waals surface area (Å²) in [5, 5.41) is 6.53. The van der Waals surface area contributed by atoms with E-state index in [0.29, 0.717) is 17.3 Å². The van der Waals surface area contributed by atoms with Gasteiger partial charge in [-0.1, -0.05) is 18.2 Å². The maximum absolute atomic E-state index is 12.1. The van der Waals surface area contributed by atoms with Gasteiger partial charge in [-0.3, -0.25) is 0 Å². The molecule has 0 unspecified atom stereocenters. The molecule has 0 aliphatic heterocycles. The molecule has 0 radical (unpaired) electrons. The lowest BCUT2D eigenvalue weighted by Gasteiger charge is -2.12. The van der Waals surface area contributed by atoms with Crippen LogP contribution in [0.1, 0.15) is 5.56 Å². The van der Waals surface area contributed by atoms with Crippen LogP contribution in [0.25, 0.3) is 0 Å². The van der Waals surface area contributed by atoms with Gasteiger partial charge in [0.25, 0.3) is 0 Å². The molecule has 128 valence electrons. The number of ether oxygens (including phenoxy) is 2. The van der Waals surface area contributed by atoms with Gasteiger partial charge < -0.3 is 20.1 Å². The summed E-state index contributed by atoms with van der Waals surface area (Å²) in [6, 6.07) is 13.9. The molecule has 0 atom stereocenters. The number of halogens is 2. The highest BCUT2D eigenvalue weighted by molar-refractivity contribution is 7.80. The molecule has 0 bridgehead atoms. The highest BCUT2D eigenvalue weighted by Crippen LogP contribution is 2.18. The van der Waals surface area contributed by atoms with Gasteiger partial charge in [0.2, 0.25) is 0 Å². The van der Waals surface area contributed by atoms with Crippen LogP contribution in [-0.2, 0) is 6.42 Å². The van der Waals surface area contributed by atoms with Crippen LogP contribution in [0.4, 0.5) is 14.5 Å². The number of para-hydroxylation sites is 1. The number of alkyl halides is 2. The lowest BCUT2D eigenvalue weighted by molar-refractivity contribution is -0.0498. The van der Waals surface area contributed by atoms with E-state index in [0.717, 1.165) is 17.7 Å². The maximum Gasteiger partial charge on any atom is 0.387 e. The van der Waals surface area contributed by atoms with Crippen molar-refractivity contribution in [3.05, 3.63) is 54.1 Å². The van der Waals surface area contributed by atoms with Crippen LogP contribution in [0.5, 0.6) is 11.5 Å². The van der Waals surface area contributed by atoms with Crippen LogP contribution in [0.3, 0.4) is 0 Å². The smallest absolute Gasteiger partial charge is 0.387 e. The number of anilines is 1. The van der Waals surface area contributed by atoms with E-state index >= 15 is 0 Å². The quantitative estimate of drug-likeness (QED) is 0.742. The summed E-state index contributed by atoms with van der Waals surface area (Å²) >= 11 is 5.21. The number of nitrogens with one attached hydrogen (secondary N) is 2. The number of hydrogen-bond donors (Lipinski definition) is 2. The lowest BCUT2D eigenvalue weighted by atomic mass is 10.1. The molecule has 0 fully saturated rings. The summed E-state index contributed by atoms with van der Waals surface area (Å²) in [5.74, 6) is 0.943. The van der Waals surface area contributed by atoms with Gasteiger partial charge in [-0.15, -0.1) is 0 Å². The molecule has 0 saturated heterocycles. The van der Waals surface area contributed by atoms with E-state index in [1.807, 2.05) is 24.3 Å². The van der Waals surface area contributed by atoms with Crippen molar-refractivity contribution >= 4 is 23.0 Å². The summed E-state index contributed by atoms with van der Waals surface area (Å²) in [7, 11) is 1.64. The van der Waals surface area contributed by atoms with Crippen molar-refractivity contribution in [3.8, 4) is 11.5 Å². The Labute approximate surface area is 144 Å². The van der Waals surface area contributed by atoms with Crippen molar-refractivity contribution in [2.45, 2.75) is 13.0 Å². The van der Waals surface area contributed by atoms with Crippen LogP contribution in [0, 0.1) is 0 Å². The molecule has 4 nitrogen and oxygen atoms in total. The molecule has 0 aromatic heterocycles. The standard InChI is InChI=1S/C17H18F2N2O2S/c1-22-15-5-3-2-4-12(15)10-11-20-17(24)21-13-6-8-14(9-7-13)23-16(18)19/h2-9,16H,10-11H2,1H3,(H2,20,21,24). The van der Waals surface area contributed by atoms with Crippen molar-refractivity contribution in [1.82, 2.24) is 5.32 Å². The summed E-state index contributed by atoms with van der Waals surface area (Å²) in [6.45, 7) is -2.19. The Hall–Kier alpha value is -2.41. The largest absolute Gasteiger partial charge is 0.496 e. The molecule has 7 heteroatoms. The summed E-state index contributed by atoms with van der Waals surface area (Å²) in [5.41, 5.74) is 1.77. The molecular formula is C17H18F2N2O2S. The number of thiocarbonyl (C=S) groups is 1. The third-order valence-electron chi connectivity index (χ3n) is 3.21. The van der Waals surface area contributed by atoms with E-state index < -0.39 is 6.61 Å². The average Bonchev–Trinajstić information content (AvgIpc) is 2.56. The van der Waals surface area contributed by atoms with Crippen LogP contribution in [0.15, 0.2) is 48.5 Å². The third-order valence-corrected chi connectivity index (χ3v) is 3.46. The number of benzene rings is 2. The van der Waals surface area contributed by atoms with Crippen LogP contribution >= 0.6 is 12.2 Å². The van der Waals surface area contributed by atoms with E-state index in [-0.39, 0.29) is 5.75 Å². The van der Waals surface area contributed by atoms with Crippen molar-refractivity contribution in [2.24, 2.45) is 0 Å². The van der Waals surface area contributed by atoms with Gasteiger partial charge in [0, 0.05) is 12.2 Å². The van der Waals surface area contributed by atoms with Gasteiger partial charge in [0.1, 0.15) is 11.5 Å². The van der Waals surface area contributed by atoms with Crippen molar-refractivity contribution in [1.29, 1.82) is 0 Å². The lowest BCUT2D eigenvalue weighted by Crippen LogP contribution is -2.30. The first-order valence-electron chi connectivity index (χ1n) is 7.30. The van der Waals surface area contributed by atoms with Crippen LogP contribution < -0.4 is 20.1 Å². The van der Waals surface area contributed by atoms with E-state index in [4.69, 9.17) is 17.0 Å². The number of methoxy groups -OCH3 is 1. The topological polar surface area (TPSA) is 42.5 Å². The van der Waals surface area contributed by atoms with Gasteiger partial charge in [-0.25, -0.2) is 0 Å². The second kappa shape index (κ2) is 9.02. The fourth-order valence-electron chi connectivity index (χ4n) is 2.12. The fraction of sp³-hybridized carbons (Fsp3) is 0.235. The first-order chi connectivity index (χ1) is 11.6. The zero-order valence-corrected chi connectivity index (χ0v) is 13.9. The predicted molar refractivity (Wildman–Crippen MR) is 94.0 cm³/mol. The van der Waals surface area contributed by atoms with Crippen molar-refractivity contribution < 1.29 is 18.3 Å². The molecule has 2 N–H and O–H groups in total. The van der Waals surface area contributed by atoms with E-state index in [9.17, 15) is 8.78 Å². The molecule has 2 rings (SSSR count). The maximum atomic E-state index is 12.1. The predicted octanol–water partition coefficient (Wildman–Crippen LogP) is 3.83. The second-order valence-electron chi connectivity index (χ2n) is 4.85. The number of hydrogen-bond acceptors (Lipinski definition) is 3. The van der Waals surface area contributed by atoms with Gasteiger partial charge >= 0.3 is 6.61 Å². The van der Waals surface area contributed by atoms with Gasteiger partial charge in [0.05, 0.1) is 7.11 Å². The molecule has 24 heavy (non-hydrogen) atoms. The Morgan fingerprint density at radius 2 is 1.83 bits per heavy atom. The van der Waals surface area contributed by atoms with E-state index in [2.05, 4.69) is 15.4 Å². The zero-order chi connectivity index (χ0) is 17.4. The Bertz CT molecular complexity index is 666. The molecule has 0 aliphatic carbocycles. The van der Waals surface area contributed by atoms with Crippen LogP contribution in [-0.4, -0.2) is 25.4 Å². The third kappa shape index (κ3) is 5.66. The molecule has 2 aromatic rings. The van der Waals surface area contributed by atoms with Crippen molar-refractivity contribution in [3.63, 3.8) is 0 Å². The molecular weight excluding hydrogens is 334 g/mol. The molecule has 0 aliphatic rings. The summed E-state index contributed by atoms with van der Waals surface area (Å²) < 4.78 is 33.8. The fourth-order valence-corrected chi connectivity index (χ4v) is 2.34. The molecule has 0 saturated carbocycles. The molecule has 0 amide bonds. The minimum atomic E-state index is -2.83. The average molecular weight is 352 g/mol. The Kier molecular flexibility index (Phi) is 6.74. The molecule has 0 spiro atoms. The van der Waals surface area contributed by atoms with E-state index in [1.165, 1.54) is 12.1 Å². The molecule has 2 aromatic carbocycles. The zero-order valence-electron chi connectivity index (χ0n) is 13.1. The Balaban J connectivity index is 1.79. The second-order valence-corrected chi connectivity index (χ2v) is 5.25. The highest BCUT2D eigenvalue weighted by Gasteiger charge is 2.05. The normalized spacial score (nSPS) is 10.3. The van der Waals surface area contributed by atoms with Crippen LogP contribution in [0.2, 0.25) is 0 Å². The SMILES string of the molecule is COc1ccccc1CCNC(=S)Nc1ccc(OC(F)F)cc1. The number of rotatable bonds is 7. The first-order valence-corrected chi connectivity index (χ1v) is 7.71. The summed E-state index contributed by atoms with van der Waals surface area (Å²) in [6.07, 6.45) is 0.757. The van der Waals surface area contributed by atoms with Crippen molar-refractivity contribution in [2.75, 3.05) is 19.0 Å². The van der Waals surface area contributed by atoms with Gasteiger partial charge in [-0.05, 0) is 54.5 Å².